The van der Waals surface area contributed by atoms with Crippen molar-refractivity contribution in [3.63, 3.8) is 0 Å². The lowest BCUT2D eigenvalue weighted by atomic mass is 9.98. The third-order valence-electron chi connectivity index (χ3n) is 6.13. The molecule has 0 spiro atoms. The highest BCUT2D eigenvalue weighted by molar-refractivity contribution is 5.97. The largest absolute Gasteiger partial charge is 0.490 e. The van der Waals surface area contributed by atoms with Crippen molar-refractivity contribution in [2.24, 2.45) is 0 Å². The summed E-state index contributed by atoms with van der Waals surface area (Å²) in [5.74, 6) is 0.354. The summed E-state index contributed by atoms with van der Waals surface area (Å²) >= 11 is 0. The highest BCUT2D eigenvalue weighted by Gasteiger charge is 2.25. The predicted octanol–water partition coefficient (Wildman–Crippen LogP) is 4.13. The van der Waals surface area contributed by atoms with Crippen molar-refractivity contribution in [1.82, 2.24) is 9.88 Å². The maximum atomic E-state index is 13.4. The number of fused-ring (bicyclic) bond motifs is 2. The molecule has 6 nitrogen and oxygen atoms in total. The summed E-state index contributed by atoms with van der Waals surface area (Å²) in [7, 11) is 0. The first-order valence-corrected chi connectivity index (χ1v) is 10.9. The number of rotatable bonds is 4. The van der Waals surface area contributed by atoms with Crippen LogP contribution < -0.4 is 9.64 Å². The van der Waals surface area contributed by atoms with E-state index in [4.69, 9.17) is 4.74 Å². The van der Waals surface area contributed by atoms with Gasteiger partial charge in [0.05, 0.1) is 12.2 Å². The molecule has 0 saturated carbocycles. The lowest BCUT2D eigenvalue weighted by Crippen LogP contribution is -2.39. The number of aromatic amines is 1. The van der Waals surface area contributed by atoms with Crippen molar-refractivity contribution >= 4 is 34.0 Å². The van der Waals surface area contributed by atoms with Crippen LogP contribution >= 0.6 is 0 Å². The summed E-state index contributed by atoms with van der Waals surface area (Å²) in [5.41, 5.74) is 3.73. The number of carbonyl (C=O) groups excluding carboxylic acids is 2. The molecule has 1 aromatic heterocycles. The molecule has 0 fully saturated rings. The highest BCUT2D eigenvalue weighted by Crippen LogP contribution is 2.32. The fraction of sp³-hybridized carbons (Fsp3) is 0.280. The number of benzene rings is 2. The molecule has 0 saturated heterocycles. The number of anilines is 1. The van der Waals surface area contributed by atoms with Crippen LogP contribution in [0.2, 0.25) is 0 Å². The van der Waals surface area contributed by atoms with E-state index in [1.165, 1.54) is 12.1 Å². The Morgan fingerprint density at radius 3 is 2.75 bits per heavy atom. The van der Waals surface area contributed by atoms with Gasteiger partial charge in [-0.3, -0.25) is 9.59 Å². The number of nitrogens with zero attached hydrogens (tertiary/aromatic N) is 2. The van der Waals surface area contributed by atoms with Crippen molar-refractivity contribution in [3.8, 4) is 5.75 Å². The number of halogens is 1. The Balaban J connectivity index is 1.20. The van der Waals surface area contributed by atoms with Gasteiger partial charge in [0, 0.05) is 48.6 Å². The van der Waals surface area contributed by atoms with E-state index >= 15 is 0 Å². The molecule has 2 aliphatic rings. The van der Waals surface area contributed by atoms with Crippen LogP contribution in [0.3, 0.4) is 0 Å². The Kier molecular flexibility index (Phi) is 5.39. The smallest absolute Gasteiger partial charge is 0.227 e. The first-order chi connectivity index (χ1) is 15.6. The summed E-state index contributed by atoms with van der Waals surface area (Å²) in [5, 5.41) is 0.980. The van der Waals surface area contributed by atoms with Crippen LogP contribution in [-0.2, 0) is 9.59 Å². The highest BCUT2D eigenvalue weighted by atomic mass is 19.1. The summed E-state index contributed by atoms with van der Waals surface area (Å²) in [4.78, 5) is 32.1. The molecule has 32 heavy (non-hydrogen) atoms. The molecule has 2 aromatic carbocycles. The van der Waals surface area contributed by atoms with Gasteiger partial charge in [-0.05, 0) is 42.3 Å². The Bertz CT molecular complexity index is 1220. The number of amides is 2. The van der Waals surface area contributed by atoms with Crippen molar-refractivity contribution in [1.29, 1.82) is 0 Å². The molecule has 2 aliphatic heterocycles. The van der Waals surface area contributed by atoms with Gasteiger partial charge in [0.25, 0.3) is 0 Å². The zero-order chi connectivity index (χ0) is 22.1. The number of aromatic nitrogens is 1. The fourth-order valence-corrected chi connectivity index (χ4v) is 4.44. The normalized spacial score (nSPS) is 15.8. The second-order valence-corrected chi connectivity index (χ2v) is 8.07. The van der Waals surface area contributed by atoms with Gasteiger partial charge < -0.3 is 19.5 Å². The maximum absolute atomic E-state index is 13.4. The standard InChI is InChI=1S/C25H24FN3O3/c26-18-5-6-19-20(16-27-21(19)15-18)17-9-11-28(12-10-17)24(30)7-8-25(31)29-13-14-32-23-4-2-1-3-22(23)29/h1-6,9,15-16,27H,7-8,10-14H2. The van der Waals surface area contributed by atoms with Crippen molar-refractivity contribution in [2.75, 3.05) is 31.1 Å². The van der Waals surface area contributed by atoms with Gasteiger partial charge >= 0.3 is 0 Å². The first-order valence-electron chi connectivity index (χ1n) is 10.9. The molecule has 5 rings (SSSR count). The zero-order valence-corrected chi connectivity index (χ0v) is 17.6. The molecule has 1 N–H and O–H groups in total. The third-order valence-corrected chi connectivity index (χ3v) is 6.13. The molecule has 3 heterocycles. The molecular formula is C25H24FN3O3. The molecule has 0 unspecified atom stereocenters. The van der Waals surface area contributed by atoms with Gasteiger partial charge in [-0.1, -0.05) is 18.2 Å². The quantitative estimate of drug-likeness (QED) is 0.673. The molecule has 7 heteroatoms. The molecule has 0 bridgehead atoms. The predicted molar refractivity (Wildman–Crippen MR) is 121 cm³/mol. The number of para-hydroxylation sites is 2. The molecule has 164 valence electrons. The second-order valence-electron chi connectivity index (χ2n) is 8.07. The number of H-pyrrole nitrogens is 1. The summed E-state index contributed by atoms with van der Waals surface area (Å²) in [6.45, 7) is 2.06. The van der Waals surface area contributed by atoms with E-state index in [1.807, 2.05) is 36.5 Å². The van der Waals surface area contributed by atoms with E-state index in [0.717, 1.165) is 34.1 Å². The van der Waals surface area contributed by atoms with E-state index < -0.39 is 0 Å². The van der Waals surface area contributed by atoms with Crippen molar-refractivity contribution in [2.45, 2.75) is 19.3 Å². The summed E-state index contributed by atoms with van der Waals surface area (Å²) < 4.78 is 19.0. The molecule has 0 aliphatic carbocycles. The average Bonchev–Trinajstić information content (AvgIpc) is 3.25. The van der Waals surface area contributed by atoms with Crippen LogP contribution in [0.5, 0.6) is 5.75 Å². The van der Waals surface area contributed by atoms with E-state index in [9.17, 15) is 14.0 Å². The Morgan fingerprint density at radius 2 is 1.91 bits per heavy atom. The number of carbonyl (C=O) groups is 2. The third kappa shape index (κ3) is 3.86. The number of nitrogens with one attached hydrogen (secondary N) is 1. The van der Waals surface area contributed by atoms with Crippen LogP contribution in [0.25, 0.3) is 16.5 Å². The van der Waals surface area contributed by atoms with E-state index in [1.54, 1.807) is 15.9 Å². The van der Waals surface area contributed by atoms with Gasteiger partial charge in [0.2, 0.25) is 11.8 Å². The molecule has 0 atom stereocenters. The van der Waals surface area contributed by atoms with Crippen LogP contribution in [-0.4, -0.2) is 47.9 Å². The Morgan fingerprint density at radius 1 is 1.06 bits per heavy atom. The Hall–Kier alpha value is -3.61. The second kappa shape index (κ2) is 8.49. The van der Waals surface area contributed by atoms with Crippen molar-refractivity contribution in [3.05, 3.63) is 66.1 Å². The summed E-state index contributed by atoms with van der Waals surface area (Å²) in [6.07, 6.45) is 5.03. The number of hydrogen-bond donors (Lipinski definition) is 1. The van der Waals surface area contributed by atoms with Crippen LogP contribution in [0, 0.1) is 5.82 Å². The van der Waals surface area contributed by atoms with E-state index in [-0.39, 0.29) is 30.5 Å². The van der Waals surface area contributed by atoms with Gasteiger partial charge in [-0.15, -0.1) is 0 Å². The molecular weight excluding hydrogens is 409 g/mol. The van der Waals surface area contributed by atoms with Gasteiger partial charge in [-0.2, -0.15) is 0 Å². The first kappa shape index (κ1) is 20.3. The lowest BCUT2D eigenvalue weighted by molar-refractivity contribution is -0.132. The topological polar surface area (TPSA) is 65.6 Å². The minimum atomic E-state index is -0.268. The average molecular weight is 433 g/mol. The number of ether oxygens (including phenoxy) is 1. The fourth-order valence-electron chi connectivity index (χ4n) is 4.44. The molecule has 0 radical (unpaired) electrons. The maximum Gasteiger partial charge on any atom is 0.227 e. The van der Waals surface area contributed by atoms with Crippen molar-refractivity contribution < 1.29 is 18.7 Å². The van der Waals surface area contributed by atoms with Crippen LogP contribution in [0.4, 0.5) is 10.1 Å². The monoisotopic (exact) mass is 433 g/mol. The van der Waals surface area contributed by atoms with Crippen LogP contribution in [0.1, 0.15) is 24.8 Å². The minimum absolute atomic E-state index is 0.0174. The van der Waals surface area contributed by atoms with Gasteiger partial charge in [0.1, 0.15) is 18.2 Å². The Labute approximate surface area is 185 Å². The van der Waals surface area contributed by atoms with Crippen LogP contribution in [0.15, 0.2) is 54.7 Å². The zero-order valence-electron chi connectivity index (χ0n) is 17.6. The number of hydrogen-bond acceptors (Lipinski definition) is 3. The molecule has 3 aromatic rings. The minimum Gasteiger partial charge on any atom is -0.490 e. The lowest BCUT2D eigenvalue weighted by Gasteiger charge is -2.30. The summed E-state index contributed by atoms with van der Waals surface area (Å²) in [6, 6.07) is 12.2. The van der Waals surface area contributed by atoms with Gasteiger partial charge in [-0.25, -0.2) is 4.39 Å². The SMILES string of the molecule is O=C(CCC(=O)N1CCOc2ccccc21)N1CC=C(c2c[nH]c3cc(F)ccc23)CC1. The van der Waals surface area contributed by atoms with E-state index in [0.29, 0.717) is 32.0 Å². The van der Waals surface area contributed by atoms with Gasteiger partial charge in [0.15, 0.2) is 0 Å². The van der Waals surface area contributed by atoms with E-state index in [2.05, 4.69) is 4.98 Å². The molecule has 2 amide bonds.